The summed E-state index contributed by atoms with van der Waals surface area (Å²) in [5.41, 5.74) is 3.29. The van der Waals surface area contributed by atoms with Crippen molar-refractivity contribution >= 4 is 27.8 Å². The van der Waals surface area contributed by atoms with Gasteiger partial charge < -0.3 is 9.88 Å². The van der Waals surface area contributed by atoms with Gasteiger partial charge in [0.25, 0.3) is 0 Å². The number of benzene rings is 1. The van der Waals surface area contributed by atoms with Gasteiger partial charge in [0.15, 0.2) is 0 Å². The first-order valence-corrected chi connectivity index (χ1v) is 10.2. The fourth-order valence-corrected chi connectivity index (χ4v) is 4.36. The van der Waals surface area contributed by atoms with Crippen LogP contribution in [0.15, 0.2) is 24.4 Å². The van der Waals surface area contributed by atoms with E-state index >= 15 is 0 Å². The van der Waals surface area contributed by atoms with Gasteiger partial charge in [-0.25, -0.2) is 4.98 Å². The summed E-state index contributed by atoms with van der Waals surface area (Å²) in [7, 11) is 0. The first-order chi connectivity index (χ1) is 13.7. The molecule has 142 valence electrons. The quantitative estimate of drug-likeness (QED) is 0.740. The molecule has 1 N–H and O–H groups in total. The van der Waals surface area contributed by atoms with Crippen LogP contribution in [0, 0.1) is 17.2 Å². The highest BCUT2D eigenvalue weighted by Gasteiger charge is 2.26. The first-order valence-electron chi connectivity index (χ1n) is 10.2. The number of pyridine rings is 1. The highest BCUT2D eigenvalue weighted by Crippen LogP contribution is 2.36. The van der Waals surface area contributed by atoms with Gasteiger partial charge in [0, 0.05) is 18.0 Å². The average Bonchev–Trinajstić information content (AvgIpc) is 3.24. The standard InChI is InChI=1S/C22H23N5O/c23-11-15-7-8-18-17(9-15)22-19(13-24-18)26-20(27(22)16-3-1-2-4-16)10-21(28)25-12-14-5-6-14/h7-9,13-14,16H,1-6,10,12H2,(H,25,28). The van der Waals surface area contributed by atoms with Crippen LogP contribution in [0.25, 0.3) is 21.9 Å². The molecule has 1 aromatic carbocycles. The van der Waals surface area contributed by atoms with E-state index in [1.807, 2.05) is 12.1 Å². The molecular formula is C22H23N5O. The summed E-state index contributed by atoms with van der Waals surface area (Å²) in [6.45, 7) is 0.776. The molecular weight excluding hydrogens is 350 g/mol. The number of imidazole rings is 1. The van der Waals surface area contributed by atoms with E-state index in [4.69, 9.17) is 4.98 Å². The number of rotatable bonds is 5. The zero-order valence-electron chi connectivity index (χ0n) is 15.8. The number of amides is 1. The summed E-state index contributed by atoms with van der Waals surface area (Å²) in [6, 6.07) is 8.16. The maximum absolute atomic E-state index is 12.5. The van der Waals surface area contributed by atoms with Crippen molar-refractivity contribution in [2.24, 2.45) is 5.92 Å². The smallest absolute Gasteiger partial charge is 0.227 e. The molecule has 0 aliphatic heterocycles. The Balaban J connectivity index is 1.62. The number of nitrogens with one attached hydrogen (secondary N) is 1. The normalized spacial score (nSPS) is 17.2. The van der Waals surface area contributed by atoms with Crippen LogP contribution in [0.3, 0.4) is 0 Å². The zero-order valence-corrected chi connectivity index (χ0v) is 15.8. The molecule has 0 saturated heterocycles. The fraction of sp³-hybridized carbons (Fsp3) is 0.455. The number of carbonyl (C=O) groups is 1. The third-order valence-electron chi connectivity index (χ3n) is 6.01. The predicted octanol–water partition coefficient (Wildman–Crippen LogP) is 3.64. The predicted molar refractivity (Wildman–Crippen MR) is 107 cm³/mol. The summed E-state index contributed by atoms with van der Waals surface area (Å²) >= 11 is 0. The van der Waals surface area contributed by atoms with E-state index in [1.165, 1.54) is 25.7 Å². The van der Waals surface area contributed by atoms with Crippen LogP contribution in [0.5, 0.6) is 0 Å². The third-order valence-corrected chi connectivity index (χ3v) is 6.01. The molecule has 2 saturated carbocycles. The van der Waals surface area contributed by atoms with Crippen molar-refractivity contribution in [2.45, 2.75) is 51.0 Å². The molecule has 2 heterocycles. The Kier molecular flexibility index (Phi) is 4.23. The number of hydrogen-bond donors (Lipinski definition) is 1. The van der Waals surface area contributed by atoms with Gasteiger partial charge >= 0.3 is 0 Å². The topological polar surface area (TPSA) is 83.6 Å². The third kappa shape index (κ3) is 3.11. The molecule has 0 radical (unpaired) electrons. The van der Waals surface area contributed by atoms with E-state index in [0.717, 1.165) is 47.1 Å². The lowest BCUT2D eigenvalue weighted by molar-refractivity contribution is -0.120. The molecule has 0 bridgehead atoms. The molecule has 2 fully saturated rings. The van der Waals surface area contributed by atoms with Crippen LogP contribution in [-0.4, -0.2) is 27.0 Å². The van der Waals surface area contributed by atoms with Crippen LogP contribution >= 0.6 is 0 Å². The Hall–Kier alpha value is -2.94. The molecule has 0 atom stereocenters. The summed E-state index contributed by atoms with van der Waals surface area (Å²) in [6.07, 6.45) is 9.12. The number of fused-ring (bicyclic) bond motifs is 3. The maximum atomic E-state index is 12.5. The molecule has 5 rings (SSSR count). The minimum absolute atomic E-state index is 0.0384. The minimum atomic E-state index is 0.0384. The van der Waals surface area contributed by atoms with E-state index in [1.54, 1.807) is 12.3 Å². The summed E-state index contributed by atoms with van der Waals surface area (Å²) in [4.78, 5) is 21.9. The van der Waals surface area contributed by atoms with Crippen molar-refractivity contribution in [1.29, 1.82) is 5.26 Å². The number of carbonyl (C=O) groups excluding carboxylic acids is 1. The molecule has 0 spiro atoms. The van der Waals surface area contributed by atoms with Crippen LogP contribution in [0.4, 0.5) is 0 Å². The zero-order chi connectivity index (χ0) is 19.1. The summed E-state index contributed by atoms with van der Waals surface area (Å²) in [5.74, 6) is 1.51. The van der Waals surface area contributed by atoms with E-state index in [-0.39, 0.29) is 12.3 Å². The Morgan fingerprint density at radius 1 is 1.21 bits per heavy atom. The largest absolute Gasteiger partial charge is 0.355 e. The van der Waals surface area contributed by atoms with Crippen molar-refractivity contribution in [3.8, 4) is 6.07 Å². The van der Waals surface area contributed by atoms with E-state index < -0.39 is 0 Å². The van der Waals surface area contributed by atoms with E-state index in [2.05, 4.69) is 20.9 Å². The highest BCUT2D eigenvalue weighted by atomic mass is 16.1. The molecule has 6 nitrogen and oxygen atoms in total. The summed E-state index contributed by atoms with van der Waals surface area (Å²) in [5, 5.41) is 13.3. The van der Waals surface area contributed by atoms with Crippen molar-refractivity contribution in [1.82, 2.24) is 19.9 Å². The van der Waals surface area contributed by atoms with Gasteiger partial charge in [0.1, 0.15) is 11.3 Å². The van der Waals surface area contributed by atoms with Crippen molar-refractivity contribution < 1.29 is 4.79 Å². The maximum Gasteiger partial charge on any atom is 0.227 e. The Morgan fingerprint density at radius 2 is 2.04 bits per heavy atom. The Bertz CT molecular complexity index is 1100. The van der Waals surface area contributed by atoms with E-state index in [9.17, 15) is 10.1 Å². The number of nitriles is 1. The molecule has 2 aliphatic carbocycles. The van der Waals surface area contributed by atoms with Gasteiger partial charge in [0.2, 0.25) is 5.91 Å². The lowest BCUT2D eigenvalue weighted by atomic mass is 10.1. The lowest BCUT2D eigenvalue weighted by Gasteiger charge is -2.17. The molecule has 6 heteroatoms. The van der Waals surface area contributed by atoms with Crippen LogP contribution in [0.1, 0.15) is 56.0 Å². The molecule has 1 amide bonds. The second-order valence-corrected chi connectivity index (χ2v) is 8.10. The van der Waals surface area contributed by atoms with Crippen molar-refractivity contribution in [2.75, 3.05) is 6.54 Å². The van der Waals surface area contributed by atoms with Gasteiger partial charge in [-0.1, -0.05) is 12.8 Å². The SMILES string of the molecule is N#Cc1ccc2ncc3nc(CC(=O)NCC4CC4)n(C4CCCC4)c3c2c1. The fourth-order valence-electron chi connectivity index (χ4n) is 4.36. The second-order valence-electron chi connectivity index (χ2n) is 8.10. The second kappa shape index (κ2) is 6.90. The van der Waals surface area contributed by atoms with Crippen LogP contribution < -0.4 is 5.32 Å². The molecule has 2 aliphatic rings. The van der Waals surface area contributed by atoms with E-state index in [0.29, 0.717) is 17.5 Å². The Labute approximate surface area is 163 Å². The highest BCUT2D eigenvalue weighted by molar-refractivity contribution is 6.03. The number of aromatic nitrogens is 3. The molecule has 28 heavy (non-hydrogen) atoms. The van der Waals surface area contributed by atoms with Crippen LogP contribution in [-0.2, 0) is 11.2 Å². The van der Waals surface area contributed by atoms with Crippen LogP contribution in [0.2, 0.25) is 0 Å². The molecule has 2 aromatic heterocycles. The molecule has 0 unspecified atom stereocenters. The number of nitrogens with zero attached hydrogens (tertiary/aromatic N) is 4. The average molecular weight is 373 g/mol. The van der Waals surface area contributed by atoms with Gasteiger partial charge in [-0.15, -0.1) is 0 Å². The Morgan fingerprint density at radius 3 is 2.79 bits per heavy atom. The number of hydrogen-bond acceptors (Lipinski definition) is 4. The lowest BCUT2D eigenvalue weighted by Crippen LogP contribution is -2.28. The molecule has 3 aromatic rings. The van der Waals surface area contributed by atoms with Gasteiger partial charge in [-0.2, -0.15) is 5.26 Å². The first kappa shape index (κ1) is 17.2. The van der Waals surface area contributed by atoms with Crippen molar-refractivity contribution in [3.63, 3.8) is 0 Å². The minimum Gasteiger partial charge on any atom is -0.355 e. The van der Waals surface area contributed by atoms with Crippen molar-refractivity contribution in [3.05, 3.63) is 35.8 Å². The van der Waals surface area contributed by atoms with Gasteiger partial charge in [-0.05, 0) is 49.8 Å². The van der Waals surface area contributed by atoms with Gasteiger partial charge in [0.05, 0.1) is 35.3 Å². The van der Waals surface area contributed by atoms with Gasteiger partial charge in [-0.3, -0.25) is 9.78 Å². The monoisotopic (exact) mass is 373 g/mol. The summed E-state index contributed by atoms with van der Waals surface area (Å²) < 4.78 is 2.27.